The van der Waals surface area contributed by atoms with Crippen LogP contribution in [-0.4, -0.2) is 84.1 Å². The highest BCUT2D eigenvalue weighted by Gasteiger charge is 2.21. The van der Waals surface area contributed by atoms with Gasteiger partial charge in [0.15, 0.2) is 6.54 Å². The molecule has 2 heterocycles. The van der Waals surface area contributed by atoms with Crippen molar-refractivity contribution in [1.82, 2.24) is 0 Å². The van der Waals surface area contributed by atoms with E-state index in [4.69, 9.17) is 28.9 Å². The summed E-state index contributed by atoms with van der Waals surface area (Å²) in [7, 11) is 1.70. The molecule has 3 aromatic carbocycles. The smallest absolute Gasteiger partial charge is 0.262 e. The Morgan fingerprint density at radius 3 is 2.31 bits per heavy atom. The van der Waals surface area contributed by atoms with Gasteiger partial charge in [-0.3, -0.25) is 0 Å². The lowest BCUT2D eigenvalue weighted by atomic mass is 10.1. The van der Waals surface area contributed by atoms with Crippen molar-refractivity contribution in [3.8, 4) is 5.75 Å². The molecule has 242 valence electrons. The van der Waals surface area contributed by atoms with Gasteiger partial charge >= 0.3 is 0 Å². The largest absolute Gasteiger partial charge is 0.495 e. The molecule has 1 saturated heterocycles. The van der Waals surface area contributed by atoms with Crippen molar-refractivity contribution < 1.29 is 42.9 Å². The summed E-state index contributed by atoms with van der Waals surface area (Å²) in [5.41, 5.74) is 3.25. The second kappa shape index (κ2) is 18.4. The normalized spacial score (nSPS) is 16.3. The summed E-state index contributed by atoms with van der Waals surface area (Å²) in [5, 5.41) is 15.8. The first-order chi connectivity index (χ1) is 22.3. The van der Waals surface area contributed by atoms with Gasteiger partial charge < -0.3 is 28.6 Å². The van der Waals surface area contributed by atoms with Gasteiger partial charge in [-0.15, -0.1) is 4.33 Å². The number of aryl methyl sites for hydroxylation is 1. The molecule has 1 aliphatic heterocycles. The minimum absolute atomic E-state index is 0.544. The fourth-order valence-electron chi connectivity index (χ4n) is 5.25. The lowest BCUT2D eigenvalue weighted by Gasteiger charge is -2.26. The zero-order chi connectivity index (χ0) is 31.1. The quantitative estimate of drug-likeness (QED) is 0.0735. The number of fused-ring (bicyclic) bond motifs is 3. The molecule has 0 spiro atoms. The van der Waals surface area contributed by atoms with Gasteiger partial charge in [-0.2, -0.15) is 4.57 Å². The Morgan fingerprint density at radius 2 is 1.60 bits per heavy atom. The monoisotopic (exact) mass is 657 g/mol. The summed E-state index contributed by atoms with van der Waals surface area (Å²) < 4.78 is 36.8. The number of methoxy groups -OCH3 is 1. The number of ether oxygens (including phenoxy) is 5. The summed E-state index contributed by atoms with van der Waals surface area (Å²) in [4.78, 5) is 2.24. The van der Waals surface area contributed by atoms with Crippen LogP contribution in [0.1, 0.15) is 17.0 Å². The summed E-state index contributed by atoms with van der Waals surface area (Å²) >= 11 is 2.85. The zero-order valence-electron chi connectivity index (χ0n) is 25.6. The highest BCUT2D eigenvalue weighted by Crippen LogP contribution is 2.32. The van der Waals surface area contributed by atoms with Gasteiger partial charge in [0.05, 0.1) is 71.0 Å². The Bertz CT molecular complexity index is 1500. The number of aromatic nitrogens is 1. The Morgan fingerprint density at radius 1 is 0.889 bits per heavy atom. The minimum Gasteiger partial charge on any atom is -0.495 e. The lowest BCUT2D eigenvalue weighted by molar-refractivity contribution is -0.667. The first-order valence-electron chi connectivity index (χ1n) is 15.1. The molecule has 4 aromatic rings. The molecule has 45 heavy (non-hydrogen) atoms. The van der Waals surface area contributed by atoms with Crippen molar-refractivity contribution in [3.05, 3.63) is 65.2 Å². The van der Waals surface area contributed by atoms with Crippen LogP contribution in [0.5, 0.6) is 5.75 Å². The van der Waals surface area contributed by atoms with Crippen molar-refractivity contribution in [2.75, 3.05) is 83.7 Å². The highest BCUT2D eigenvalue weighted by atomic mass is 32.2. The molecule has 0 saturated carbocycles. The van der Waals surface area contributed by atoms with Crippen molar-refractivity contribution in [2.45, 2.75) is 13.0 Å². The van der Waals surface area contributed by atoms with Gasteiger partial charge in [0, 0.05) is 43.4 Å². The van der Waals surface area contributed by atoms with Crippen LogP contribution < -0.4 is 14.2 Å². The lowest BCUT2D eigenvalue weighted by Crippen LogP contribution is -2.35. The average molecular weight is 658 g/mol. The average Bonchev–Trinajstić information content (AvgIpc) is 3.43. The summed E-state index contributed by atoms with van der Waals surface area (Å²) in [6, 6.07) is 19.1. The van der Waals surface area contributed by atoms with Crippen molar-refractivity contribution in [3.63, 3.8) is 0 Å². The maximum atomic E-state index is 8.46. The van der Waals surface area contributed by atoms with E-state index in [1.807, 2.05) is 0 Å². The van der Waals surface area contributed by atoms with Crippen LogP contribution in [0.2, 0.25) is 0 Å². The van der Waals surface area contributed by atoms with Crippen molar-refractivity contribution in [2.24, 2.45) is 0 Å². The summed E-state index contributed by atoms with van der Waals surface area (Å²) in [6.45, 7) is 6.64. The van der Waals surface area contributed by atoms with Crippen LogP contribution in [0.3, 0.4) is 0 Å². The summed E-state index contributed by atoms with van der Waals surface area (Å²) in [6.07, 6.45) is 5.14. The number of hydrogen-bond donors (Lipinski definition) is 1. The second-order valence-corrected chi connectivity index (χ2v) is 12.1. The molecule has 12 heteroatoms. The van der Waals surface area contributed by atoms with Crippen LogP contribution in [0.4, 0.5) is 5.69 Å². The molecule has 1 N–H and O–H groups in total. The fraction of sp³-hybridized carbons (Fsp3) is 0.424. The first-order valence-corrected chi connectivity index (χ1v) is 16.9. The molecule has 0 atom stereocenters. The van der Waals surface area contributed by atoms with E-state index in [1.165, 1.54) is 21.0 Å². The van der Waals surface area contributed by atoms with Gasteiger partial charge in [0.25, 0.3) is 5.01 Å². The number of rotatable bonds is 10. The fourth-order valence-corrected chi connectivity index (χ4v) is 6.71. The van der Waals surface area contributed by atoms with E-state index >= 15 is 0 Å². The molecule has 10 nitrogen and oxygen atoms in total. The molecule has 1 fully saturated rings. The van der Waals surface area contributed by atoms with Gasteiger partial charge in [-0.25, -0.2) is 5.26 Å². The Labute approximate surface area is 272 Å². The van der Waals surface area contributed by atoms with Crippen molar-refractivity contribution >= 4 is 62.2 Å². The van der Waals surface area contributed by atoms with Crippen LogP contribution >= 0.6 is 23.4 Å². The molecule has 0 amide bonds. The van der Waals surface area contributed by atoms with Gasteiger partial charge in [-0.05, 0) is 41.3 Å². The Balaban J connectivity index is 1.36. The molecule has 0 aliphatic carbocycles. The minimum atomic E-state index is 0.544. The number of thiazole rings is 1. The molecule has 0 bridgehead atoms. The van der Waals surface area contributed by atoms with E-state index in [2.05, 4.69) is 85.6 Å². The SMILES string of the molecule is COc1cc(/C=C/c2sc3ccc4ccccc4c3[n+]2CCCSOOO)ccc1N1CCOCCOCCOCCOCC1. The topological polar surface area (TPSA) is 92.0 Å². The predicted molar refractivity (Wildman–Crippen MR) is 179 cm³/mol. The number of benzene rings is 3. The molecule has 1 aliphatic rings. The molecular weight excluding hydrogens is 617 g/mol. The zero-order valence-corrected chi connectivity index (χ0v) is 27.2. The first kappa shape index (κ1) is 33.6. The Hall–Kier alpha value is -2.78. The molecule has 0 unspecified atom stereocenters. The highest BCUT2D eigenvalue weighted by molar-refractivity contribution is 7.94. The maximum absolute atomic E-state index is 8.46. The van der Waals surface area contributed by atoms with Crippen LogP contribution in [0.25, 0.3) is 33.1 Å². The molecule has 5 rings (SSSR count). The van der Waals surface area contributed by atoms with Gasteiger partial charge in [-0.1, -0.05) is 46.7 Å². The van der Waals surface area contributed by atoms with Crippen LogP contribution in [-0.2, 0) is 34.9 Å². The summed E-state index contributed by atoms with van der Waals surface area (Å²) in [5.74, 6) is 1.46. The van der Waals surface area contributed by atoms with E-state index in [0.29, 0.717) is 71.7 Å². The molecule has 0 radical (unpaired) electrons. The second-order valence-electron chi connectivity index (χ2n) is 10.2. The number of hydrogen-bond acceptors (Lipinski definition) is 11. The van der Waals surface area contributed by atoms with E-state index in [1.54, 1.807) is 18.4 Å². The number of nitrogens with zero attached hydrogens (tertiary/aromatic N) is 2. The van der Waals surface area contributed by atoms with E-state index < -0.39 is 0 Å². The van der Waals surface area contributed by atoms with E-state index in [-0.39, 0.29) is 0 Å². The Kier molecular flexibility index (Phi) is 13.7. The van der Waals surface area contributed by atoms with Crippen LogP contribution in [0.15, 0.2) is 54.6 Å². The third-order valence-corrected chi connectivity index (χ3v) is 9.12. The molecule has 1 aromatic heterocycles. The third-order valence-electron chi connectivity index (χ3n) is 7.39. The van der Waals surface area contributed by atoms with Gasteiger partial charge in [0.2, 0.25) is 5.52 Å². The van der Waals surface area contributed by atoms with E-state index in [0.717, 1.165) is 47.0 Å². The number of anilines is 1. The maximum Gasteiger partial charge on any atom is 0.262 e. The van der Waals surface area contributed by atoms with Gasteiger partial charge in [0.1, 0.15) is 10.4 Å². The predicted octanol–water partition coefficient (Wildman–Crippen LogP) is 5.87. The van der Waals surface area contributed by atoms with Crippen LogP contribution in [0, 0.1) is 0 Å². The molecular formula is C33H41N2O8S2+. The van der Waals surface area contributed by atoms with Crippen molar-refractivity contribution in [1.29, 1.82) is 0 Å². The third kappa shape index (κ3) is 9.61. The standard InChI is InChI=1S/C33H40N2O8S2/c1-37-30-25-26(7-10-29(30)34-14-16-38-18-20-40-22-23-41-21-19-39-17-15-34)8-12-32-35(13-4-24-44-43-42-36)33-28-6-3-2-5-27(28)9-11-31(33)45-32/h2-3,5-12,25H,4,13-24H2,1H3/p+1. The van der Waals surface area contributed by atoms with E-state index in [9.17, 15) is 0 Å².